The molecule has 10 heteroatoms. The van der Waals surface area contributed by atoms with E-state index in [1.54, 1.807) is 0 Å². The Morgan fingerprint density at radius 1 is 1.00 bits per heavy atom. The summed E-state index contributed by atoms with van der Waals surface area (Å²) in [5.41, 5.74) is 7.74. The number of carbonyl (C=O) groups is 2. The molecule has 5 atom stereocenters. The van der Waals surface area contributed by atoms with E-state index < -0.39 is 35.2 Å². The zero-order chi connectivity index (χ0) is 26.6. The summed E-state index contributed by atoms with van der Waals surface area (Å²) in [6, 6.07) is 6.25. The molecule has 2 heterocycles. The van der Waals surface area contributed by atoms with Gasteiger partial charge in [-0.25, -0.2) is 0 Å². The highest BCUT2D eigenvalue weighted by molar-refractivity contribution is 5.80. The van der Waals surface area contributed by atoms with E-state index in [1.165, 1.54) is 21.3 Å². The van der Waals surface area contributed by atoms with Crippen molar-refractivity contribution in [3.63, 3.8) is 0 Å². The van der Waals surface area contributed by atoms with Crippen LogP contribution in [0.4, 0.5) is 0 Å². The average molecular weight is 514 g/mol. The molecule has 2 aliphatic heterocycles. The second kappa shape index (κ2) is 9.02. The molecule has 0 aromatic heterocycles. The number of hydrogen-bond donors (Lipinski definition) is 2. The van der Waals surface area contributed by atoms with Crippen molar-refractivity contribution >= 4 is 11.9 Å². The molecule has 3 aliphatic rings. The fraction of sp³-hybridized carbons (Fsp3) is 0.481. The first-order valence-electron chi connectivity index (χ1n) is 12.0. The topological polar surface area (TPSA) is 136 Å². The first-order valence-corrected chi connectivity index (χ1v) is 12.0. The van der Waals surface area contributed by atoms with Crippen molar-refractivity contribution in [3.05, 3.63) is 41.0 Å². The van der Waals surface area contributed by atoms with Crippen molar-refractivity contribution in [2.75, 3.05) is 34.7 Å². The van der Waals surface area contributed by atoms with Crippen LogP contribution in [0, 0.1) is 17.3 Å². The number of ether oxygens (including phenoxy) is 6. The Labute approximate surface area is 214 Å². The van der Waals surface area contributed by atoms with Gasteiger partial charge in [0.15, 0.2) is 23.0 Å². The van der Waals surface area contributed by atoms with E-state index in [1.807, 2.05) is 38.1 Å². The number of esters is 1. The van der Waals surface area contributed by atoms with Crippen molar-refractivity contribution in [2.24, 2.45) is 23.0 Å². The van der Waals surface area contributed by atoms with Gasteiger partial charge in [-0.2, -0.15) is 0 Å². The number of carboxylic acids is 1. The molecule has 37 heavy (non-hydrogen) atoms. The number of nitrogens with two attached hydrogens (primary N) is 1. The van der Waals surface area contributed by atoms with Gasteiger partial charge in [0.05, 0.1) is 33.9 Å². The largest absolute Gasteiger partial charge is 0.493 e. The summed E-state index contributed by atoms with van der Waals surface area (Å²) in [4.78, 5) is 25.4. The Hall–Kier alpha value is -3.66. The zero-order valence-electron chi connectivity index (χ0n) is 21.4. The van der Waals surface area contributed by atoms with Crippen LogP contribution in [0.5, 0.6) is 28.7 Å². The molecule has 198 valence electrons. The molecule has 0 spiro atoms. The van der Waals surface area contributed by atoms with E-state index >= 15 is 0 Å². The predicted octanol–water partition coefficient (Wildman–Crippen LogP) is 2.90. The van der Waals surface area contributed by atoms with E-state index in [2.05, 4.69) is 0 Å². The maximum Gasteiger partial charge on any atom is 0.321 e. The molecule has 5 rings (SSSR count). The van der Waals surface area contributed by atoms with Crippen molar-refractivity contribution in [1.82, 2.24) is 0 Å². The molecular formula is C27H31NO9. The number of aliphatic carboxylic acids is 1. The second-order valence-electron chi connectivity index (χ2n) is 10.2. The van der Waals surface area contributed by atoms with E-state index in [0.29, 0.717) is 28.7 Å². The van der Waals surface area contributed by atoms with Crippen LogP contribution in [0.25, 0.3) is 0 Å². The summed E-state index contributed by atoms with van der Waals surface area (Å²) in [6.45, 7) is 3.87. The number of carboxylic acid groups (broad SMARTS) is 1. The van der Waals surface area contributed by atoms with Crippen molar-refractivity contribution in [3.8, 4) is 28.7 Å². The minimum Gasteiger partial charge on any atom is -0.493 e. The molecule has 1 aliphatic carbocycles. The second-order valence-corrected chi connectivity index (χ2v) is 10.2. The van der Waals surface area contributed by atoms with Gasteiger partial charge >= 0.3 is 11.9 Å². The first-order chi connectivity index (χ1) is 17.6. The Morgan fingerprint density at radius 3 is 2.14 bits per heavy atom. The number of rotatable bonds is 7. The van der Waals surface area contributed by atoms with Crippen LogP contribution in [0.3, 0.4) is 0 Å². The normalized spacial score (nSPS) is 24.5. The highest BCUT2D eigenvalue weighted by Gasteiger charge is 2.57. The number of benzene rings is 2. The zero-order valence-corrected chi connectivity index (χ0v) is 21.4. The van der Waals surface area contributed by atoms with Gasteiger partial charge in [-0.1, -0.05) is 13.8 Å². The molecular weight excluding hydrogens is 482 g/mol. The third kappa shape index (κ3) is 3.73. The molecule has 0 bridgehead atoms. The Kier molecular flexibility index (Phi) is 6.10. The van der Waals surface area contributed by atoms with E-state index in [9.17, 15) is 14.7 Å². The summed E-state index contributed by atoms with van der Waals surface area (Å²) in [6.07, 6.45) is 0. The van der Waals surface area contributed by atoms with Crippen molar-refractivity contribution in [1.29, 1.82) is 0 Å². The Balaban J connectivity index is 1.78. The highest BCUT2D eigenvalue weighted by Crippen LogP contribution is 2.60. The number of methoxy groups -OCH3 is 3. The smallest absolute Gasteiger partial charge is 0.321 e. The van der Waals surface area contributed by atoms with Crippen LogP contribution in [0.2, 0.25) is 0 Å². The van der Waals surface area contributed by atoms with Gasteiger partial charge in [-0.15, -0.1) is 0 Å². The molecule has 0 unspecified atom stereocenters. The summed E-state index contributed by atoms with van der Waals surface area (Å²) in [7, 11) is 4.60. The van der Waals surface area contributed by atoms with Gasteiger partial charge in [0.2, 0.25) is 12.5 Å². The minimum atomic E-state index is -1.18. The Morgan fingerprint density at radius 2 is 1.59 bits per heavy atom. The molecule has 0 saturated carbocycles. The predicted molar refractivity (Wildman–Crippen MR) is 131 cm³/mol. The van der Waals surface area contributed by atoms with Gasteiger partial charge in [0.25, 0.3) is 0 Å². The average Bonchev–Trinajstić information content (AvgIpc) is 3.50. The number of hydrogen-bond acceptors (Lipinski definition) is 9. The minimum absolute atomic E-state index is 0.0741. The maximum atomic E-state index is 13.3. The summed E-state index contributed by atoms with van der Waals surface area (Å²) >= 11 is 0. The van der Waals surface area contributed by atoms with Gasteiger partial charge in [-0.3, -0.25) is 9.59 Å². The van der Waals surface area contributed by atoms with E-state index in [4.69, 9.17) is 34.2 Å². The number of fused-ring (bicyclic) bond motifs is 3. The van der Waals surface area contributed by atoms with Gasteiger partial charge in [0.1, 0.15) is 6.04 Å². The van der Waals surface area contributed by atoms with Crippen LogP contribution < -0.4 is 29.4 Å². The van der Waals surface area contributed by atoms with Crippen molar-refractivity contribution < 1.29 is 43.1 Å². The lowest BCUT2D eigenvalue weighted by molar-refractivity contribution is -0.142. The quantitative estimate of drug-likeness (QED) is 0.532. The molecule has 2 aromatic rings. The summed E-state index contributed by atoms with van der Waals surface area (Å²) in [5.74, 6) is -0.772. The van der Waals surface area contributed by atoms with Crippen LogP contribution in [-0.2, 0) is 14.3 Å². The molecule has 1 saturated heterocycles. The highest BCUT2D eigenvalue weighted by atomic mass is 16.7. The summed E-state index contributed by atoms with van der Waals surface area (Å²) < 4.78 is 33.7. The number of cyclic esters (lactones) is 1. The molecule has 3 N–H and O–H groups in total. The van der Waals surface area contributed by atoms with Crippen molar-refractivity contribution in [2.45, 2.75) is 31.7 Å². The molecule has 2 aromatic carbocycles. The van der Waals surface area contributed by atoms with Crippen LogP contribution >= 0.6 is 0 Å². The van der Waals surface area contributed by atoms with Crippen LogP contribution in [0.1, 0.15) is 42.4 Å². The number of carbonyl (C=O) groups excluding carboxylic acids is 1. The third-order valence-electron chi connectivity index (χ3n) is 8.10. The SMILES string of the molecule is COc1cc([C@@H]2c3cc4c(cc3[C@H](C(C)(C)[C@@H](N)C(=O)O)[C@H]3COC(=O)[C@@H]23)OCO4)cc(OC)c1OC. The van der Waals surface area contributed by atoms with Crippen LogP contribution in [0.15, 0.2) is 24.3 Å². The molecule has 0 radical (unpaired) electrons. The van der Waals surface area contributed by atoms with E-state index in [0.717, 1.165) is 16.7 Å². The van der Waals surface area contributed by atoms with Gasteiger partial charge < -0.3 is 39.3 Å². The van der Waals surface area contributed by atoms with E-state index in [-0.39, 0.29) is 25.3 Å². The molecule has 0 amide bonds. The third-order valence-corrected chi connectivity index (χ3v) is 8.10. The fourth-order valence-corrected chi connectivity index (χ4v) is 6.31. The lowest BCUT2D eigenvalue weighted by atomic mass is 9.55. The lowest BCUT2D eigenvalue weighted by Crippen LogP contribution is -2.51. The fourth-order valence-electron chi connectivity index (χ4n) is 6.31. The molecule has 10 nitrogen and oxygen atoms in total. The molecule has 1 fully saturated rings. The maximum absolute atomic E-state index is 13.3. The lowest BCUT2D eigenvalue weighted by Gasteiger charge is -2.47. The van der Waals surface area contributed by atoms with Gasteiger partial charge in [0, 0.05) is 11.8 Å². The first kappa shape index (κ1) is 25.0. The standard InChI is InChI=1S/C27H31NO9/c1-27(2,24(28)25(29)30)22-14-9-17-16(36-11-37-17)8-13(14)20(21-15(22)10-35-26(21)31)12-6-18(32-3)23(34-5)19(7-12)33-4/h6-9,15,20-22,24H,10-11,28H2,1-5H3,(H,29,30)/t15-,20+,21+,22-,24-/m0/s1. The Bertz CT molecular complexity index is 1230. The monoisotopic (exact) mass is 513 g/mol. The van der Waals surface area contributed by atoms with Crippen LogP contribution in [-0.4, -0.2) is 57.8 Å². The summed E-state index contributed by atoms with van der Waals surface area (Å²) in [5, 5.41) is 9.83. The van der Waals surface area contributed by atoms with Gasteiger partial charge in [-0.05, 0) is 52.3 Å².